The lowest BCUT2D eigenvalue weighted by Gasteiger charge is -2.14. The van der Waals surface area contributed by atoms with Gasteiger partial charge in [0.1, 0.15) is 0 Å². The van der Waals surface area contributed by atoms with E-state index in [9.17, 15) is 4.79 Å². The van der Waals surface area contributed by atoms with E-state index < -0.39 is 0 Å². The number of carbonyl (C=O) groups is 1. The molecule has 20 heavy (non-hydrogen) atoms. The van der Waals surface area contributed by atoms with E-state index >= 15 is 0 Å². The zero-order chi connectivity index (χ0) is 15.2. The topological polar surface area (TPSA) is 76.4 Å². The van der Waals surface area contributed by atoms with Gasteiger partial charge < -0.3 is 21.1 Å². The summed E-state index contributed by atoms with van der Waals surface area (Å²) in [6.07, 6.45) is 3.11. The van der Waals surface area contributed by atoms with E-state index in [-0.39, 0.29) is 11.9 Å². The fourth-order valence-electron chi connectivity index (χ4n) is 1.58. The van der Waals surface area contributed by atoms with Crippen molar-refractivity contribution >= 4 is 5.97 Å². The molecule has 0 aliphatic heterocycles. The number of esters is 1. The Labute approximate surface area is 124 Å². The predicted octanol–water partition coefficient (Wildman–Crippen LogP) is 1.13. The molecule has 0 aromatic heterocycles. The lowest BCUT2D eigenvalue weighted by Crippen LogP contribution is -2.30. The summed E-state index contributed by atoms with van der Waals surface area (Å²) in [5, 5.41) is 6.62. The molecule has 0 aromatic rings. The quantitative estimate of drug-likeness (QED) is 0.350. The van der Waals surface area contributed by atoms with Crippen molar-refractivity contribution in [2.75, 3.05) is 39.3 Å². The van der Waals surface area contributed by atoms with Gasteiger partial charge in [-0.3, -0.25) is 4.79 Å². The summed E-state index contributed by atoms with van der Waals surface area (Å²) in [4.78, 5) is 11.7. The Kier molecular flexibility index (Phi) is 12.9. The number of carbonyl (C=O) groups excluding carboxylic acids is 1. The van der Waals surface area contributed by atoms with Crippen LogP contribution >= 0.6 is 0 Å². The average Bonchev–Trinajstić information content (AvgIpc) is 2.46. The van der Waals surface area contributed by atoms with Crippen LogP contribution < -0.4 is 16.4 Å². The Balaban J connectivity index is 3.43. The summed E-state index contributed by atoms with van der Waals surface area (Å²) in [5.41, 5.74) is 5.41. The fourth-order valence-corrected chi connectivity index (χ4v) is 1.58. The van der Waals surface area contributed by atoms with Gasteiger partial charge in [-0.2, -0.15) is 0 Å². The van der Waals surface area contributed by atoms with Gasteiger partial charge in [-0.1, -0.05) is 27.2 Å². The van der Waals surface area contributed by atoms with E-state index in [0.29, 0.717) is 19.1 Å². The Morgan fingerprint density at radius 3 is 2.45 bits per heavy atom. The maximum absolute atomic E-state index is 11.7. The SMILES string of the molecule is CCC(C)COC(=O)C(C)CNCCCNCCCN. The van der Waals surface area contributed by atoms with E-state index in [0.717, 1.165) is 45.4 Å². The highest BCUT2D eigenvalue weighted by atomic mass is 16.5. The van der Waals surface area contributed by atoms with Gasteiger partial charge >= 0.3 is 5.97 Å². The maximum Gasteiger partial charge on any atom is 0.309 e. The monoisotopic (exact) mass is 287 g/mol. The molecular formula is C15H33N3O2. The first-order valence-electron chi connectivity index (χ1n) is 7.89. The van der Waals surface area contributed by atoms with Crippen LogP contribution in [-0.2, 0) is 9.53 Å². The summed E-state index contributed by atoms with van der Waals surface area (Å²) in [5.74, 6) is 0.266. The van der Waals surface area contributed by atoms with Gasteiger partial charge in [0.05, 0.1) is 12.5 Å². The molecule has 0 radical (unpaired) electrons. The van der Waals surface area contributed by atoms with Crippen LogP contribution in [0.25, 0.3) is 0 Å². The Bertz CT molecular complexity index is 237. The average molecular weight is 287 g/mol. The molecule has 0 aliphatic rings. The van der Waals surface area contributed by atoms with Gasteiger partial charge in [0, 0.05) is 6.54 Å². The van der Waals surface area contributed by atoms with Crippen LogP contribution in [0.5, 0.6) is 0 Å². The smallest absolute Gasteiger partial charge is 0.309 e. The van der Waals surface area contributed by atoms with Crippen LogP contribution in [0.4, 0.5) is 0 Å². The van der Waals surface area contributed by atoms with Crippen molar-refractivity contribution in [2.45, 2.75) is 40.0 Å². The van der Waals surface area contributed by atoms with Crippen LogP contribution in [0.1, 0.15) is 40.0 Å². The van der Waals surface area contributed by atoms with Crippen molar-refractivity contribution in [2.24, 2.45) is 17.6 Å². The summed E-state index contributed by atoms with van der Waals surface area (Å²) in [7, 11) is 0. The third-order valence-corrected chi connectivity index (χ3v) is 3.32. The van der Waals surface area contributed by atoms with Crippen LogP contribution in [0, 0.1) is 11.8 Å². The molecule has 0 fully saturated rings. The molecule has 0 rings (SSSR count). The number of rotatable bonds is 13. The molecule has 0 heterocycles. The van der Waals surface area contributed by atoms with E-state index in [1.165, 1.54) is 0 Å². The molecule has 0 spiro atoms. The molecule has 0 bridgehead atoms. The molecule has 5 nitrogen and oxygen atoms in total. The van der Waals surface area contributed by atoms with Crippen LogP contribution in [0.15, 0.2) is 0 Å². The van der Waals surface area contributed by atoms with Crippen LogP contribution in [-0.4, -0.2) is 45.3 Å². The van der Waals surface area contributed by atoms with Gasteiger partial charge in [0.15, 0.2) is 0 Å². The summed E-state index contributed by atoms with van der Waals surface area (Å²) < 4.78 is 5.28. The summed E-state index contributed by atoms with van der Waals surface area (Å²) in [6.45, 7) is 10.9. The molecule has 0 aliphatic carbocycles. The predicted molar refractivity (Wildman–Crippen MR) is 83.6 cm³/mol. The molecule has 5 heteroatoms. The van der Waals surface area contributed by atoms with Crippen molar-refractivity contribution < 1.29 is 9.53 Å². The molecule has 120 valence electrons. The number of nitrogens with two attached hydrogens (primary N) is 1. The third-order valence-electron chi connectivity index (χ3n) is 3.32. The minimum absolute atomic E-state index is 0.0794. The first kappa shape index (κ1) is 19.4. The lowest BCUT2D eigenvalue weighted by atomic mass is 10.1. The highest BCUT2D eigenvalue weighted by Gasteiger charge is 2.14. The molecule has 4 N–H and O–H groups in total. The summed E-state index contributed by atoms with van der Waals surface area (Å²) in [6, 6.07) is 0. The fraction of sp³-hybridized carbons (Fsp3) is 0.933. The van der Waals surface area contributed by atoms with Crippen molar-refractivity contribution in [1.82, 2.24) is 10.6 Å². The standard InChI is InChI=1S/C15H33N3O2/c1-4-13(2)12-20-15(19)14(3)11-18-10-6-9-17-8-5-7-16/h13-14,17-18H,4-12,16H2,1-3H3. The van der Waals surface area contributed by atoms with E-state index in [1.807, 2.05) is 6.92 Å². The highest BCUT2D eigenvalue weighted by Crippen LogP contribution is 2.04. The van der Waals surface area contributed by atoms with E-state index in [1.54, 1.807) is 0 Å². The molecule has 0 saturated carbocycles. The number of hydrogen-bond acceptors (Lipinski definition) is 5. The van der Waals surface area contributed by atoms with Crippen LogP contribution in [0.3, 0.4) is 0 Å². The Morgan fingerprint density at radius 2 is 1.80 bits per heavy atom. The van der Waals surface area contributed by atoms with Gasteiger partial charge in [0.2, 0.25) is 0 Å². The van der Waals surface area contributed by atoms with Gasteiger partial charge in [-0.05, 0) is 44.9 Å². The van der Waals surface area contributed by atoms with Crippen molar-refractivity contribution in [3.05, 3.63) is 0 Å². The lowest BCUT2D eigenvalue weighted by molar-refractivity contribution is -0.149. The number of ether oxygens (including phenoxy) is 1. The second-order valence-electron chi connectivity index (χ2n) is 5.49. The first-order valence-corrected chi connectivity index (χ1v) is 7.89. The van der Waals surface area contributed by atoms with Gasteiger partial charge in [0.25, 0.3) is 0 Å². The highest BCUT2D eigenvalue weighted by molar-refractivity contribution is 5.72. The van der Waals surface area contributed by atoms with Crippen molar-refractivity contribution in [3.63, 3.8) is 0 Å². The molecule has 2 unspecified atom stereocenters. The molecule has 2 atom stereocenters. The summed E-state index contributed by atoms with van der Waals surface area (Å²) >= 11 is 0. The molecular weight excluding hydrogens is 254 g/mol. The van der Waals surface area contributed by atoms with Crippen molar-refractivity contribution in [3.8, 4) is 0 Å². The number of nitrogens with one attached hydrogen (secondary N) is 2. The molecule has 0 aromatic carbocycles. The second kappa shape index (κ2) is 13.3. The molecule has 0 saturated heterocycles. The second-order valence-corrected chi connectivity index (χ2v) is 5.49. The molecule has 0 amide bonds. The normalized spacial score (nSPS) is 14.0. The Morgan fingerprint density at radius 1 is 1.15 bits per heavy atom. The minimum Gasteiger partial charge on any atom is -0.465 e. The van der Waals surface area contributed by atoms with E-state index in [4.69, 9.17) is 10.5 Å². The zero-order valence-electron chi connectivity index (χ0n) is 13.4. The largest absolute Gasteiger partial charge is 0.465 e. The minimum atomic E-state index is -0.0983. The maximum atomic E-state index is 11.7. The zero-order valence-corrected chi connectivity index (χ0v) is 13.4. The van der Waals surface area contributed by atoms with E-state index in [2.05, 4.69) is 24.5 Å². The third kappa shape index (κ3) is 11.2. The van der Waals surface area contributed by atoms with Gasteiger partial charge in [-0.15, -0.1) is 0 Å². The van der Waals surface area contributed by atoms with Gasteiger partial charge in [-0.25, -0.2) is 0 Å². The Hall–Kier alpha value is -0.650. The van der Waals surface area contributed by atoms with Crippen LogP contribution in [0.2, 0.25) is 0 Å². The van der Waals surface area contributed by atoms with Crippen molar-refractivity contribution in [1.29, 1.82) is 0 Å². The first-order chi connectivity index (χ1) is 9.61. The number of hydrogen-bond donors (Lipinski definition) is 3.